The SMILES string of the molecule is CC(C)COc1ccc(NC(=S)NC(=O)C=Cc2ccco2)cc1. The summed E-state index contributed by atoms with van der Waals surface area (Å²) in [7, 11) is 0. The normalized spacial score (nSPS) is 10.8. The first-order valence-electron chi connectivity index (χ1n) is 7.59. The number of nitrogens with one attached hydrogen (secondary N) is 2. The molecule has 126 valence electrons. The van der Waals surface area contributed by atoms with Crippen LogP contribution in [0, 0.1) is 5.92 Å². The summed E-state index contributed by atoms with van der Waals surface area (Å²) in [6.45, 7) is 4.86. The number of ether oxygens (including phenoxy) is 1. The molecule has 0 aliphatic rings. The first-order valence-corrected chi connectivity index (χ1v) is 8.00. The largest absolute Gasteiger partial charge is 0.493 e. The van der Waals surface area contributed by atoms with Crippen molar-refractivity contribution in [3.63, 3.8) is 0 Å². The second-order valence-corrected chi connectivity index (χ2v) is 5.93. The number of carbonyl (C=O) groups excluding carboxylic acids is 1. The number of hydrogen-bond donors (Lipinski definition) is 2. The number of rotatable bonds is 6. The molecule has 2 rings (SSSR count). The second-order valence-electron chi connectivity index (χ2n) is 5.52. The number of anilines is 1. The summed E-state index contributed by atoms with van der Waals surface area (Å²) < 4.78 is 10.7. The quantitative estimate of drug-likeness (QED) is 0.616. The van der Waals surface area contributed by atoms with E-state index in [1.54, 1.807) is 18.2 Å². The van der Waals surface area contributed by atoms with Gasteiger partial charge in [-0.3, -0.25) is 10.1 Å². The fourth-order valence-corrected chi connectivity index (χ4v) is 1.98. The molecule has 0 bridgehead atoms. The van der Waals surface area contributed by atoms with Crippen molar-refractivity contribution in [2.24, 2.45) is 5.92 Å². The van der Waals surface area contributed by atoms with Crippen molar-refractivity contribution in [3.05, 3.63) is 54.5 Å². The Kier molecular flexibility index (Phi) is 6.57. The summed E-state index contributed by atoms with van der Waals surface area (Å²) in [5, 5.41) is 5.73. The van der Waals surface area contributed by atoms with Crippen LogP contribution in [0.25, 0.3) is 6.08 Å². The standard InChI is InChI=1S/C18H20N2O3S/c1-13(2)12-23-16-7-5-14(6-8-16)19-18(24)20-17(21)10-9-15-4-3-11-22-15/h3-11,13H,12H2,1-2H3,(H2,19,20,21,24). The maximum atomic E-state index is 11.8. The van der Waals surface area contributed by atoms with Gasteiger partial charge in [-0.1, -0.05) is 13.8 Å². The Labute approximate surface area is 146 Å². The van der Waals surface area contributed by atoms with Crippen molar-refractivity contribution in [2.75, 3.05) is 11.9 Å². The van der Waals surface area contributed by atoms with Gasteiger partial charge in [-0.25, -0.2) is 0 Å². The molecule has 0 unspecified atom stereocenters. The topological polar surface area (TPSA) is 63.5 Å². The molecule has 1 aromatic heterocycles. The molecule has 1 amide bonds. The molecule has 6 heteroatoms. The molecule has 0 saturated heterocycles. The minimum absolute atomic E-state index is 0.222. The van der Waals surface area contributed by atoms with E-state index < -0.39 is 0 Å². The Bertz CT molecular complexity index is 692. The van der Waals surface area contributed by atoms with E-state index in [1.807, 2.05) is 24.3 Å². The molecule has 0 radical (unpaired) electrons. The molecule has 0 spiro atoms. The molecule has 0 fully saturated rings. The molecule has 1 aromatic carbocycles. The van der Waals surface area contributed by atoms with Crippen LogP contribution in [0.3, 0.4) is 0 Å². The van der Waals surface area contributed by atoms with Crippen molar-refractivity contribution in [2.45, 2.75) is 13.8 Å². The van der Waals surface area contributed by atoms with Gasteiger partial charge in [-0.15, -0.1) is 0 Å². The highest BCUT2D eigenvalue weighted by Gasteiger charge is 2.03. The van der Waals surface area contributed by atoms with Gasteiger partial charge in [-0.2, -0.15) is 0 Å². The van der Waals surface area contributed by atoms with E-state index in [9.17, 15) is 4.79 Å². The van der Waals surface area contributed by atoms with Crippen molar-refractivity contribution in [1.82, 2.24) is 5.32 Å². The number of carbonyl (C=O) groups is 1. The lowest BCUT2D eigenvalue weighted by Gasteiger charge is -2.11. The minimum Gasteiger partial charge on any atom is -0.493 e. The third-order valence-corrected chi connectivity index (χ3v) is 3.08. The average Bonchev–Trinajstić information content (AvgIpc) is 3.05. The van der Waals surface area contributed by atoms with Crippen molar-refractivity contribution >= 4 is 35.0 Å². The number of furan rings is 1. The van der Waals surface area contributed by atoms with Gasteiger partial charge >= 0.3 is 0 Å². The Hall–Kier alpha value is -2.60. The van der Waals surface area contributed by atoms with Crippen LogP contribution in [0.1, 0.15) is 19.6 Å². The van der Waals surface area contributed by atoms with E-state index in [1.165, 1.54) is 12.3 Å². The molecule has 0 saturated carbocycles. The van der Waals surface area contributed by atoms with Gasteiger partial charge < -0.3 is 14.5 Å². The van der Waals surface area contributed by atoms with E-state index in [0.29, 0.717) is 18.3 Å². The van der Waals surface area contributed by atoms with Gasteiger partial charge in [0.2, 0.25) is 5.91 Å². The van der Waals surface area contributed by atoms with Crippen LogP contribution in [-0.4, -0.2) is 17.6 Å². The molecule has 5 nitrogen and oxygen atoms in total. The Morgan fingerprint density at radius 3 is 2.67 bits per heavy atom. The third kappa shape index (κ3) is 6.26. The zero-order valence-electron chi connectivity index (χ0n) is 13.6. The lowest BCUT2D eigenvalue weighted by atomic mass is 10.2. The second kappa shape index (κ2) is 8.88. The Morgan fingerprint density at radius 2 is 2.04 bits per heavy atom. The summed E-state index contributed by atoms with van der Waals surface area (Å²) in [6.07, 6.45) is 4.47. The average molecular weight is 344 g/mol. The number of benzene rings is 1. The number of amides is 1. The van der Waals surface area contributed by atoms with Crippen molar-refractivity contribution < 1.29 is 13.9 Å². The maximum Gasteiger partial charge on any atom is 0.250 e. The van der Waals surface area contributed by atoms with Gasteiger partial charge in [0.15, 0.2) is 5.11 Å². The summed E-state index contributed by atoms with van der Waals surface area (Å²) in [5.74, 6) is 1.53. The molecule has 1 heterocycles. The highest BCUT2D eigenvalue weighted by Crippen LogP contribution is 2.16. The highest BCUT2D eigenvalue weighted by molar-refractivity contribution is 7.80. The number of hydrogen-bond acceptors (Lipinski definition) is 4. The lowest BCUT2D eigenvalue weighted by Crippen LogP contribution is -2.32. The fourth-order valence-electron chi connectivity index (χ4n) is 1.76. The van der Waals surface area contributed by atoms with Crippen LogP contribution in [0.15, 0.2) is 53.2 Å². The third-order valence-electron chi connectivity index (χ3n) is 2.87. The van der Waals surface area contributed by atoms with Crippen LogP contribution in [0.4, 0.5) is 5.69 Å². The van der Waals surface area contributed by atoms with E-state index in [2.05, 4.69) is 24.5 Å². The minimum atomic E-state index is -0.333. The molecule has 0 aliphatic heterocycles. The monoisotopic (exact) mass is 344 g/mol. The summed E-state index contributed by atoms with van der Waals surface area (Å²) in [6, 6.07) is 10.9. The van der Waals surface area contributed by atoms with Crippen molar-refractivity contribution in [3.8, 4) is 5.75 Å². The first kappa shape index (κ1) is 17.7. The van der Waals surface area contributed by atoms with Crippen LogP contribution in [-0.2, 0) is 4.79 Å². The predicted octanol–water partition coefficient (Wildman–Crippen LogP) is 3.84. The zero-order valence-corrected chi connectivity index (χ0v) is 14.4. The van der Waals surface area contributed by atoms with Gasteiger partial charge in [0.1, 0.15) is 11.5 Å². The summed E-state index contributed by atoms with van der Waals surface area (Å²) in [5.41, 5.74) is 0.771. The van der Waals surface area contributed by atoms with Gasteiger partial charge in [0.05, 0.1) is 12.9 Å². The predicted molar refractivity (Wildman–Crippen MR) is 98.9 cm³/mol. The van der Waals surface area contributed by atoms with Crippen LogP contribution in [0.5, 0.6) is 5.75 Å². The number of thiocarbonyl (C=S) groups is 1. The molecule has 0 atom stereocenters. The molecule has 0 aliphatic carbocycles. The lowest BCUT2D eigenvalue weighted by molar-refractivity contribution is -0.115. The van der Waals surface area contributed by atoms with E-state index in [4.69, 9.17) is 21.4 Å². The molecule has 24 heavy (non-hydrogen) atoms. The summed E-state index contributed by atoms with van der Waals surface area (Å²) in [4.78, 5) is 11.8. The molecule has 2 N–H and O–H groups in total. The van der Waals surface area contributed by atoms with Crippen LogP contribution in [0.2, 0.25) is 0 Å². The van der Waals surface area contributed by atoms with E-state index >= 15 is 0 Å². The Morgan fingerprint density at radius 1 is 1.29 bits per heavy atom. The fraction of sp³-hybridized carbons (Fsp3) is 0.222. The van der Waals surface area contributed by atoms with Crippen molar-refractivity contribution in [1.29, 1.82) is 0 Å². The van der Waals surface area contributed by atoms with Crippen LogP contribution >= 0.6 is 12.2 Å². The van der Waals surface area contributed by atoms with Crippen LogP contribution < -0.4 is 15.4 Å². The van der Waals surface area contributed by atoms with E-state index in [0.717, 1.165) is 11.4 Å². The first-order chi connectivity index (χ1) is 11.5. The van der Waals surface area contributed by atoms with Gasteiger partial charge in [0.25, 0.3) is 0 Å². The highest BCUT2D eigenvalue weighted by atomic mass is 32.1. The van der Waals surface area contributed by atoms with Gasteiger partial charge in [0, 0.05) is 11.8 Å². The molecular weight excluding hydrogens is 324 g/mol. The van der Waals surface area contributed by atoms with E-state index in [-0.39, 0.29) is 11.0 Å². The zero-order chi connectivity index (χ0) is 17.4. The molecule has 2 aromatic rings. The smallest absolute Gasteiger partial charge is 0.250 e. The molecular formula is C18H20N2O3S. The Balaban J connectivity index is 1.80. The summed E-state index contributed by atoms with van der Waals surface area (Å²) >= 11 is 5.11. The maximum absolute atomic E-state index is 11.8. The van der Waals surface area contributed by atoms with Gasteiger partial charge in [-0.05, 0) is 60.6 Å².